The maximum absolute atomic E-state index is 12.8. The van der Waals surface area contributed by atoms with Gasteiger partial charge in [-0.1, -0.05) is 17.7 Å². The Kier molecular flexibility index (Phi) is 11.3. The highest BCUT2D eigenvalue weighted by atomic mass is 35.5. The number of halogens is 2. The molecule has 0 bridgehead atoms. The molecule has 1 aliphatic rings. The number of carbonyl (C=O) groups excluding carboxylic acids is 1. The molecule has 0 radical (unpaired) electrons. The molecule has 0 amide bonds. The van der Waals surface area contributed by atoms with Crippen LogP contribution in [0.5, 0.6) is 17.2 Å². The number of nitrogens with two attached hydrogens (primary N) is 1. The molecule has 1 saturated heterocycles. The van der Waals surface area contributed by atoms with Crippen molar-refractivity contribution in [3.8, 4) is 17.2 Å². The highest BCUT2D eigenvalue weighted by Gasteiger charge is 2.21. The molecule has 0 spiro atoms. The summed E-state index contributed by atoms with van der Waals surface area (Å²) >= 11 is 6.11. The molecule has 1 fully saturated rings. The third-order valence-corrected chi connectivity index (χ3v) is 6.82. The number of piperidine rings is 1. The topological polar surface area (TPSA) is 74.0 Å². The Bertz CT molecular complexity index is 947. The Morgan fingerprint density at radius 2 is 1.71 bits per heavy atom. The number of hydrogen-bond donors (Lipinski definition) is 1. The molecule has 188 valence electrons. The van der Waals surface area contributed by atoms with Crippen LogP contribution in [0.1, 0.15) is 48.0 Å². The van der Waals surface area contributed by atoms with Crippen LogP contribution in [0.2, 0.25) is 5.02 Å². The van der Waals surface area contributed by atoms with Crippen LogP contribution in [0.15, 0.2) is 30.3 Å². The van der Waals surface area contributed by atoms with Crippen molar-refractivity contribution in [1.29, 1.82) is 0 Å². The summed E-state index contributed by atoms with van der Waals surface area (Å²) in [5, 5.41) is 0.389. The number of Topliss-reactive ketones (excluding diaryl/α,β-unsaturated/α-hetero) is 1. The molecule has 2 aromatic carbocycles. The number of aryl methyl sites for hydroxylation is 1. The van der Waals surface area contributed by atoms with E-state index < -0.39 is 0 Å². The van der Waals surface area contributed by atoms with Crippen molar-refractivity contribution >= 4 is 35.5 Å². The predicted molar refractivity (Wildman–Crippen MR) is 140 cm³/mol. The zero-order chi connectivity index (χ0) is 23.8. The Morgan fingerprint density at radius 1 is 1.03 bits per heavy atom. The number of nitrogens with zero attached hydrogens (tertiary/aromatic N) is 1. The Balaban J connectivity index is 0.00000408. The van der Waals surface area contributed by atoms with Gasteiger partial charge in [0.05, 0.1) is 37.6 Å². The van der Waals surface area contributed by atoms with Gasteiger partial charge in [0.2, 0.25) is 0 Å². The second-order valence-corrected chi connectivity index (χ2v) is 9.02. The van der Waals surface area contributed by atoms with Crippen molar-refractivity contribution in [2.75, 3.05) is 46.7 Å². The fourth-order valence-corrected chi connectivity index (χ4v) is 4.63. The van der Waals surface area contributed by atoms with Crippen LogP contribution in [-0.2, 0) is 6.42 Å². The lowest BCUT2D eigenvalue weighted by atomic mass is 9.90. The Labute approximate surface area is 214 Å². The number of carbonyl (C=O) groups is 1. The number of benzene rings is 2. The molecular formula is C26H36Cl2N2O4. The lowest BCUT2D eigenvalue weighted by Crippen LogP contribution is -2.34. The second kappa shape index (κ2) is 13.7. The van der Waals surface area contributed by atoms with Crippen LogP contribution in [0.3, 0.4) is 0 Å². The van der Waals surface area contributed by atoms with Gasteiger partial charge in [0.1, 0.15) is 5.75 Å². The van der Waals surface area contributed by atoms with Crippen LogP contribution < -0.4 is 19.9 Å². The fourth-order valence-electron chi connectivity index (χ4n) is 4.47. The minimum absolute atomic E-state index is 0. The van der Waals surface area contributed by atoms with Crippen LogP contribution >= 0.6 is 24.0 Å². The minimum atomic E-state index is 0. The van der Waals surface area contributed by atoms with Crippen molar-refractivity contribution in [2.24, 2.45) is 5.92 Å². The van der Waals surface area contributed by atoms with Gasteiger partial charge < -0.3 is 24.8 Å². The first-order valence-electron chi connectivity index (χ1n) is 11.5. The molecule has 0 aliphatic carbocycles. The van der Waals surface area contributed by atoms with Gasteiger partial charge in [-0.2, -0.15) is 0 Å². The monoisotopic (exact) mass is 510 g/mol. The van der Waals surface area contributed by atoms with E-state index in [1.807, 2.05) is 6.07 Å². The van der Waals surface area contributed by atoms with Crippen molar-refractivity contribution < 1.29 is 19.0 Å². The normalized spacial score (nSPS) is 14.4. The van der Waals surface area contributed by atoms with Crippen molar-refractivity contribution in [2.45, 2.75) is 38.5 Å². The Morgan fingerprint density at radius 3 is 2.35 bits per heavy atom. The van der Waals surface area contributed by atoms with Gasteiger partial charge in [0, 0.05) is 12.5 Å². The predicted octanol–water partition coefficient (Wildman–Crippen LogP) is 5.68. The molecule has 34 heavy (non-hydrogen) atoms. The third kappa shape index (κ3) is 7.42. The number of likely N-dealkylation sites (tertiary alicyclic amines) is 1. The summed E-state index contributed by atoms with van der Waals surface area (Å²) in [7, 11) is 4.86. The first-order valence-corrected chi connectivity index (χ1v) is 11.9. The van der Waals surface area contributed by atoms with E-state index in [1.165, 1.54) is 5.56 Å². The largest absolute Gasteiger partial charge is 0.496 e. The molecule has 0 unspecified atom stereocenters. The van der Waals surface area contributed by atoms with Gasteiger partial charge in [0.15, 0.2) is 17.3 Å². The average Bonchev–Trinajstić information content (AvgIpc) is 2.84. The number of nitrogen functional groups attached to an aromatic ring is 1. The van der Waals surface area contributed by atoms with E-state index in [1.54, 1.807) is 33.5 Å². The molecular weight excluding hydrogens is 475 g/mol. The number of methoxy groups -OCH3 is 3. The molecule has 0 atom stereocenters. The molecule has 0 aromatic heterocycles. The molecule has 1 aliphatic heterocycles. The highest BCUT2D eigenvalue weighted by Crippen LogP contribution is 2.31. The molecule has 8 heteroatoms. The first kappa shape index (κ1) is 28.1. The van der Waals surface area contributed by atoms with Gasteiger partial charge in [0.25, 0.3) is 0 Å². The van der Waals surface area contributed by atoms with Crippen LogP contribution in [0.25, 0.3) is 0 Å². The van der Waals surface area contributed by atoms with Crippen LogP contribution in [-0.4, -0.2) is 51.6 Å². The highest BCUT2D eigenvalue weighted by molar-refractivity contribution is 6.33. The van der Waals surface area contributed by atoms with Gasteiger partial charge in [-0.25, -0.2) is 0 Å². The lowest BCUT2D eigenvalue weighted by Gasteiger charge is -2.32. The number of hydrogen-bond acceptors (Lipinski definition) is 6. The molecule has 2 aromatic rings. The maximum atomic E-state index is 12.8. The summed E-state index contributed by atoms with van der Waals surface area (Å²) in [6, 6.07) is 9.38. The molecule has 0 saturated carbocycles. The van der Waals surface area contributed by atoms with E-state index in [0.717, 1.165) is 63.2 Å². The van der Waals surface area contributed by atoms with Crippen molar-refractivity contribution in [3.63, 3.8) is 0 Å². The van der Waals surface area contributed by atoms with E-state index >= 15 is 0 Å². The zero-order valence-corrected chi connectivity index (χ0v) is 21.8. The van der Waals surface area contributed by atoms with Gasteiger partial charge in [-0.15, -0.1) is 12.4 Å². The van der Waals surface area contributed by atoms with Gasteiger partial charge >= 0.3 is 0 Å². The first-order chi connectivity index (χ1) is 15.9. The van der Waals surface area contributed by atoms with Gasteiger partial charge in [-0.05, 0) is 81.4 Å². The quantitative estimate of drug-likeness (QED) is 0.309. The molecule has 2 N–H and O–H groups in total. The third-order valence-electron chi connectivity index (χ3n) is 6.49. The lowest BCUT2D eigenvalue weighted by molar-refractivity contribution is 0.0959. The Hall–Kier alpha value is -2.15. The number of rotatable bonds is 11. The summed E-state index contributed by atoms with van der Waals surface area (Å²) in [6.07, 6.45) is 5.77. The molecule has 6 nitrogen and oxygen atoms in total. The summed E-state index contributed by atoms with van der Waals surface area (Å²) < 4.78 is 16.0. The smallest absolute Gasteiger partial charge is 0.166 e. The van der Waals surface area contributed by atoms with Crippen molar-refractivity contribution in [1.82, 2.24) is 4.90 Å². The van der Waals surface area contributed by atoms with Crippen LogP contribution in [0.4, 0.5) is 5.69 Å². The number of ketones is 1. The second-order valence-electron chi connectivity index (χ2n) is 8.61. The van der Waals surface area contributed by atoms with Gasteiger partial charge in [-0.3, -0.25) is 4.79 Å². The van der Waals surface area contributed by atoms with E-state index in [9.17, 15) is 4.79 Å². The van der Waals surface area contributed by atoms with E-state index in [0.29, 0.717) is 34.4 Å². The number of anilines is 1. The molecule has 1 heterocycles. The fraction of sp³-hybridized carbons (Fsp3) is 0.500. The molecule has 3 rings (SSSR count). The average molecular weight is 511 g/mol. The summed E-state index contributed by atoms with van der Waals surface area (Å²) in [5.41, 5.74) is 8.02. The SMILES string of the molecule is COc1ccc(CCCN2CCC(CCC(=O)c3cc(Cl)c(N)cc3OC)CC2)cc1OC.Cl. The van der Waals surface area contributed by atoms with E-state index in [2.05, 4.69) is 17.0 Å². The van der Waals surface area contributed by atoms with Crippen LogP contribution in [0, 0.1) is 5.92 Å². The summed E-state index contributed by atoms with van der Waals surface area (Å²) in [6.45, 7) is 3.25. The zero-order valence-electron chi connectivity index (χ0n) is 20.3. The van der Waals surface area contributed by atoms with Crippen molar-refractivity contribution in [3.05, 3.63) is 46.5 Å². The van der Waals surface area contributed by atoms with E-state index in [-0.39, 0.29) is 18.2 Å². The summed E-state index contributed by atoms with van der Waals surface area (Å²) in [5.74, 6) is 2.67. The maximum Gasteiger partial charge on any atom is 0.166 e. The minimum Gasteiger partial charge on any atom is -0.496 e. The standard InChI is InChI=1S/C26H35ClN2O4.ClH/c1-31-24-9-7-19(15-26(24)33-3)5-4-12-29-13-10-18(11-14-29)6-8-23(30)20-16-21(27)22(28)17-25(20)32-2;/h7,9,15-18H,4-6,8,10-14,28H2,1-3H3;1H. The van der Waals surface area contributed by atoms with E-state index in [4.69, 9.17) is 31.5 Å². The summed E-state index contributed by atoms with van der Waals surface area (Å²) in [4.78, 5) is 15.3. The number of ether oxygens (including phenoxy) is 3.